The normalized spacial score (nSPS) is 10.9. The highest BCUT2D eigenvalue weighted by Gasteiger charge is 2.23. The van der Waals surface area contributed by atoms with Crippen molar-refractivity contribution in [1.82, 2.24) is 5.16 Å². The number of hydrogen-bond acceptors (Lipinski definition) is 3. The fourth-order valence-electron chi connectivity index (χ4n) is 2.23. The Morgan fingerprint density at radius 2 is 1.95 bits per heavy atom. The van der Waals surface area contributed by atoms with Crippen LogP contribution >= 0.6 is 27.5 Å². The van der Waals surface area contributed by atoms with E-state index in [-0.39, 0.29) is 23.0 Å². The highest BCUT2D eigenvalue weighted by Crippen LogP contribution is 2.39. The van der Waals surface area contributed by atoms with Crippen molar-refractivity contribution >= 4 is 27.5 Å². The summed E-state index contributed by atoms with van der Waals surface area (Å²) in [6.45, 7) is -0.347. The maximum atomic E-state index is 14.1. The van der Waals surface area contributed by atoms with Gasteiger partial charge in [0.15, 0.2) is 5.76 Å². The summed E-state index contributed by atoms with van der Waals surface area (Å²) in [5.74, 6) is -0.395. The van der Waals surface area contributed by atoms with Gasteiger partial charge >= 0.3 is 0 Å². The molecule has 0 amide bonds. The highest BCUT2D eigenvalue weighted by molar-refractivity contribution is 9.10. The third-order valence-electron chi connectivity index (χ3n) is 3.27. The number of aliphatic hydroxyl groups is 1. The number of rotatable bonds is 3. The van der Waals surface area contributed by atoms with Gasteiger partial charge in [-0.3, -0.25) is 0 Å². The number of hydrogen-bond donors (Lipinski definition) is 1. The van der Waals surface area contributed by atoms with Crippen LogP contribution in [0.3, 0.4) is 0 Å². The van der Waals surface area contributed by atoms with Crippen LogP contribution in [0.2, 0.25) is 5.02 Å². The summed E-state index contributed by atoms with van der Waals surface area (Å²) < 4.78 is 20.2. The molecule has 0 fully saturated rings. The summed E-state index contributed by atoms with van der Waals surface area (Å²) >= 11 is 9.49. The molecule has 0 bridgehead atoms. The average Bonchev–Trinajstić information content (AvgIpc) is 2.91. The van der Waals surface area contributed by atoms with Crippen LogP contribution < -0.4 is 0 Å². The summed E-state index contributed by atoms with van der Waals surface area (Å²) in [6.07, 6.45) is 0. The first kappa shape index (κ1) is 15.2. The van der Waals surface area contributed by atoms with E-state index in [0.717, 1.165) is 10.0 Å². The predicted octanol–water partition coefficient (Wildman–Crippen LogP) is 5.06. The molecule has 22 heavy (non-hydrogen) atoms. The van der Waals surface area contributed by atoms with Gasteiger partial charge in [-0.2, -0.15) is 0 Å². The van der Waals surface area contributed by atoms with Gasteiger partial charge in [0.05, 0.1) is 22.8 Å². The molecular weight excluding hydrogens is 373 g/mol. The zero-order valence-corrected chi connectivity index (χ0v) is 13.5. The molecule has 0 aliphatic rings. The van der Waals surface area contributed by atoms with Gasteiger partial charge in [-0.15, -0.1) is 0 Å². The molecule has 0 spiro atoms. The molecule has 0 radical (unpaired) electrons. The van der Waals surface area contributed by atoms with Crippen LogP contribution in [0, 0.1) is 5.82 Å². The van der Waals surface area contributed by atoms with Gasteiger partial charge < -0.3 is 9.63 Å². The van der Waals surface area contributed by atoms with E-state index in [4.69, 9.17) is 16.1 Å². The SMILES string of the molecule is OCc1c(-c2ccccc2Br)noc1-c1c(F)cccc1Cl. The van der Waals surface area contributed by atoms with E-state index in [2.05, 4.69) is 21.1 Å². The molecule has 6 heteroatoms. The van der Waals surface area contributed by atoms with Crippen molar-refractivity contribution in [3.63, 3.8) is 0 Å². The van der Waals surface area contributed by atoms with Crippen LogP contribution in [0.1, 0.15) is 5.56 Å². The molecule has 3 aromatic rings. The second kappa shape index (κ2) is 6.20. The molecule has 3 nitrogen and oxygen atoms in total. The standard InChI is InChI=1S/C16H10BrClFNO2/c17-11-5-2-1-4-9(11)15-10(8-21)16(22-20-15)14-12(18)6-3-7-13(14)19/h1-7,21H,8H2. The Kier molecular flexibility index (Phi) is 4.29. The van der Waals surface area contributed by atoms with Gasteiger partial charge in [0.2, 0.25) is 0 Å². The Morgan fingerprint density at radius 3 is 2.64 bits per heavy atom. The molecule has 0 aliphatic carbocycles. The first-order valence-corrected chi connectivity index (χ1v) is 7.59. The zero-order valence-electron chi connectivity index (χ0n) is 11.2. The van der Waals surface area contributed by atoms with Crippen molar-refractivity contribution in [2.75, 3.05) is 0 Å². The first-order chi connectivity index (χ1) is 10.6. The molecule has 0 saturated heterocycles. The molecule has 1 N–H and O–H groups in total. The molecule has 2 aromatic carbocycles. The summed E-state index contributed by atoms with van der Waals surface area (Å²) in [6, 6.07) is 11.7. The van der Waals surface area contributed by atoms with Crippen LogP contribution in [0.25, 0.3) is 22.6 Å². The molecule has 1 heterocycles. The Balaban J connectivity index is 2.23. The Bertz CT molecular complexity index is 815. The van der Waals surface area contributed by atoms with E-state index in [1.54, 1.807) is 6.07 Å². The minimum atomic E-state index is -0.531. The van der Waals surface area contributed by atoms with Crippen LogP contribution in [-0.4, -0.2) is 10.3 Å². The smallest absolute Gasteiger partial charge is 0.177 e. The van der Waals surface area contributed by atoms with Gasteiger partial charge in [-0.1, -0.05) is 57.0 Å². The maximum absolute atomic E-state index is 14.1. The van der Waals surface area contributed by atoms with Crippen LogP contribution in [0.15, 0.2) is 51.5 Å². The fraction of sp³-hybridized carbons (Fsp3) is 0.0625. The molecule has 112 valence electrons. The van der Waals surface area contributed by atoms with Gasteiger partial charge in [-0.25, -0.2) is 4.39 Å². The fourth-order valence-corrected chi connectivity index (χ4v) is 2.95. The van der Waals surface area contributed by atoms with E-state index >= 15 is 0 Å². The summed E-state index contributed by atoms with van der Waals surface area (Å²) in [4.78, 5) is 0. The summed E-state index contributed by atoms with van der Waals surface area (Å²) in [5.41, 5.74) is 1.68. The lowest BCUT2D eigenvalue weighted by atomic mass is 10.0. The Labute approximate surface area is 139 Å². The molecule has 0 saturated carbocycles. The lowest BCUT2D eigenvalue weighted by Crippen LogP contribution is -1.92. The van der Waals surface area contributed by atoms with Gasteiger partial charge in [-0.05, 0) is 18.2 Å². The van der Waals surface area contributed by atoms with Crippen LogP contribution in [0.5, 0.6) is 0 Å². The lowest BCUT2D eigenvalue weighted by molar-refractivity contribution is 0.281. The second-order valence-corrected chi connectivity index (χ2v) is 5.84. The van der Waals surface area contributed by atoms with Gasteiger partial charge in [0.25, 0.3) is 0 Å². The van der Waals surface area contributed by atoms with E-state index in [1.807, 2.05) is 24.3 Å². The lowest BCUT2D eigenvalue weighted by Gasteiger charge is -2.05. The van der Waals surface area contributed by atoms with E-state index in [9.17, 15) is 9.50 Å². The van der Waals surface area contributed by atoms with E-state index in [0.29, 0.717) is 11.3 Å². The van der Waals surface area contributed by atoms with E-state index < -0.39 is 5.82 Å². The molecule has 0 unspecified atom stereocenters. The number of nitrogens with zero attached hydrogens (tertiary/aromatic N) is 1. The van der Waals surface area contributed by atoms with Gasteiger partial charge in [0.1, 0.15) is 11.5 Å². The van der Waals surface area contributed by atoms with Crippen molar-refractivity contribution in [2.24, 2.45) is 0 Å². The number of benzene rings is 2. The van der Waals surface area contributed by atoms with Crippen molar-refractivity contribution in [1.29, 1.82) is 0 Å². The maximum Gasteiger partial charge on any atom is 0.177 e. The molecule has 0 atom stereocenters. The van der Waals surface area contributed by atoms with Gasteiger partial charge in [0, 0.05) is 10.0 Å². The first-order valence-electron chi connectivity index (χ1n) is 6.42. The second-order valence-electron chi connectivity index (χ2n) is 4.57. The zero-order chi connectivity index (χ0) is 15.7. The average molecular weight is 383 g/mol. The van der Waals surface area contributed by atoms with Crippen molar-refractivity contribution in [3.05, 3.63) is 63.3 Å². The Morgan fingerprint density at radius 1 is 1.18 bits per heavy atom. The Hall–Kier alpha value is -1.69. The quantitative estimate of drug-likeness (QED) is 0.689. The summed E-state index contributed by atoms with van der Waals surface area (Å²) in [7, 11) is 0. The highest BCUT2D eigenvalue weighted by atomic mass is 79.9. The van der Waals surface area contributed by atoms with Crippen LogP contribution in [0.4, 0.5) is 4.39 Å². The minimum Gasteiger partial charge on any atom is -0.391 e. The topological polar surface area (TPSA) is 46.3 Å². The molecule has 1 aromatic heterocycles. The molecule has 3 rings (SSSR count). The van der Waals surface area contributed by atoms with Crippen LogP contribution in [-0.2, 0) is 6.61 Å². The predicted molar refractivity (Wildman–Crippen MR) is 86.0 cm³/mol. The third-order valence-corrected chi connectivity index (χ3v) is 4.27. The largest absolute Gasteiger partial charge is 0.391 e. The third kappa shape index (κ3) is 2.56. The monoisotopic (exact) mass is 381 g/mol. The molecule has 0 aliphatic heterocycles. The summed E-state index contributed by atoms with van der Waals surface area (Å²) in [5, 5.41) is 13.9. The minimum absolute atomic E-state index is 0.0963. The number of halogens is 3. The van der Waals surface area contributed by atoms with Crippen molar-refractivity contribution in [2.45, 2.75) is 6.61 Å². The van der Waals surface area contributed by atoms with Crippen molar-refractivity contribution < 1.29 is 14.0 Å². The number of aromatic nitrogens is 1. The van der Waals surface area contributed by atoms with E-state index in [1.165, 1.54) is 12.1 Å². The number of aliphatic hydroxyl groups excluding tert-OH is 1. The molecular formula is C16H10BrClFNO2. The van der Waals surface area contributed by atoms with Crippen molar-refractivity contribution in [3.8, 4) is 22.6 Å².